The van der Waals surface area contributed by atoms with Gasteiger partial charge in [-0.2, -0.15) is 0 Å². The van der Waals surface area contributed by atoms with Gasteiger partial charge in [-0.3, -0.25) is 4.79 Å². The van der Waals surface area contributed by atoms with Crippen molar-refractivity contribution in [3.8, 4) is 5.75 Å². The summed E-state index contributed by atoms with van der Waals surface area (Å²) in [6.07, 6.45) is 1.52. The van der Waals surface area contributed by atoms with E-state index in [4.69, 9.17) is 4.74 Å². The van der Waals surface area contributed by atoms with E-state index in [9.17, 15) is 4.79 Å². The summed E-state index contributed by atoms with van der Waals surface area (Å²) >= 11 is 4.75. The summed E-state index contributed by atoms with van der Waals surface area (Å²) in [5.41, 5.74) is 3.35. The molecule has 4 aromatic rings. The van der Waals surface area contributed by atoms with Crippen LogP contribution in [0.3, 0.4) is 0 Å². The van der Waals surface area contributed by atoms with Crippen LogP contribution in [0.5, 0.6) is 5.75 Å². The van der Waals surface area contributed by atoms with Crippen LogP contribution in [0, 0.1) is 0 Å². The molecule has 2 aromatic carbocycles. The van der Waals surface area contributed by atoms with Gasteiger partial charge in [-0.1, -0.05) is 27.7 Å². The monoisotopic (exact) mass is 442 g/mol. The van der Waals surface area contributed by atoms with Crippen molar-refractivity contribution in [3.05, 3.63) is 53.3 Å². The van der Waals surface area contributed by atoms with E-state index in [0.717, 1.165) is 42.9 Å². The van der Waals surface area contributed by atoms with Crippen molar-refractivity contribution in [3.63, 3.8) is 0 Å². The second-order valence-corrected chi connectivity index (χ2v) is 7.66. The Hall–Kier alpha value is -2.58. The van der Waals surface area contributed by atoms with Crippen molar-refractivity contribution in [2.75, 3.05) is 18.2 Å². The fourth-order valence-electron chi connectivity index (χ4n) is 2.75. The minimum atomic E-state index is -0.0909. The molecule has 4 rings (SSSR count). The smallest absolute Gasteiger partial charge is 0.234 e. The first-order chi connectivity index (χ1) is 13.1. The predicted octanol–water partition coefficient (Wildman–Crippen LogP) is 4.61. The molecule has 0 aliphatic carbocycles. The van der Waals surface area contributed by atoms with Crippen LogP contribution in [0.1, 0.15) is 0 Å². The van der Waals surface area contributed by atoms with E-state index in [1.54, 1.807) is 7.11 Å². The molecule has 0 saturated heterocycles. The average molecular weight is 443 g/mol. The summed E-state index contributed by atoms with van der Waals surface area (Å²) in [6, 6.07) is 13.2. The topological polar surface area (TPSA) is 79.9 Å². The molecular formula is C19H15BrN4O2S. The van der Waals surface area contributed by atoms with Crippen LogP contribution in [-0.4, -0.2) is 33.7 Å². The van der Waals surface area contributed by atoms with E-state index < -0.39 is 0 Å². The van der Waals surface area contributed by atoms with Gasteiger partial charge in [0.15, 0.2) is 0 Å². The molecule has 6 nitrogen and oxygen atoms in total. The normalized spacial score (nSPS) is 11.0. The van der Waals surface area contributed by atoms with E-state index in [1.807, 2.05) is 42.5 Å². The lowest BCUT2D eigenvalue weighted by Gasteiger charge is -2.05. The molecule has 2 heterocycles. The lowest BCUT2D eigenvalue weighted by molar-refractivity contribution is -0.113. The van der Waals surface area contributed by atoms with Gasteiger partial charge in [-0.25, -0.2) is 9.97 Å². The maximum atomic E-state index is 12.2. The second kappa shape index (κ2) is 7.58. The Morgan fingerprint density at radius 1 is 1.22 bits per heavy atom. The van der Waals surface area contributed by atoms with Crippen molar-refractivity contribution >= 4 is 61.2 Å². The van der Waals surface area contributed by atoms with Crippen LogP contribution in [0.15, 0.2) is 58.3 Å². The Bertz CT molecular complexity index is 1130. The number of aromatic amines is 1. The molecule has 27 heavy (non-hydrogen) atoms. The first kappa shape index (κ1) is 17.8. The van der Waals surface area contributed by atoms with E-state index in [1.165, 1.54) is 18.1 Å². The second-order valence-electron chi connectivity index (χ2n) is 5.78. The number of rotatable bonds is 5. The number of nitrogens with zero attached hydrogens (tertiary/aromatic N) is 2. The third-order valence-corrected chi connectivity index (χ3v) is 5.54. The van der Waals surface area contributed by atoms with E-state index in [2.05, 4.69) is 36.2 Å². The number of thioether (sulfide) groups is 1. The highest BCUT2D eigenvalue weighted by atomic mass is 79.9. The van der Waals surface area contributed by atoms with Crippen LogP contribution in [0.2, 0.25) is 0 Å². The van der Waals surface area contributed by atoms with Crippen molar-refractivity contribution in [2.24, 2.45) is 0 Å². The molecule has 2 aromatic heterocycles. The Kier molecular flexibility index (Phi) is 5.00. The lowest BCUT2D eigenvalue weighted by atomic mass is 10.2. The molecule has 1 amide bonds. The quantitative estimate of drug-likeness (QED) is 0.348. The number of nitrogens with one attached hydrogen (secondary N) is 2. The molecule has 0 aliphatic heterocycles. The summed E-state index contributed by atoms with van der Waals surface area (Å²) < 4.78 is 6.26. The van der Waals surface area contributed by atoms with Gasteiger partial charge in [0, 0.05) is 21.1 Å². The third kappa shape index (κ3) is 3.77. The van der Waals surface area contributed by atoms with Crippen LogP contribution in [-0.2, 0) is 4.79 Å². The summed E-state index contributed by atoms with van der Waals surface area (Å²) in [5, 5.41) is 4.58. The summed E-state index contributed by atoms with van der Waals surface area (Å²) in [6.45, 7) is 0. The summed E-state index contributed by atoms with van der Waals surface area (Å²) in [4.78, 5) is 24.3. The van der Waals surface area contributed by atoms with Gasteiger partial charge in [-0.05, 0) is 42.5 Å². The van der Waals surface area contributed by atoms with Crippen LogP contribution in [0.25, 0.3) is 21.9 Å². The Labute approximate surface area is 167 Å². The molecule has 0 radical (unpaired) electrons. The minimum absolute atomic E-state index is 0.0909. The number of hydrogen-bond donors (Lipinski definition) is 2. The predicted molar refractivity (Wildman–Crippen MR) is 111 cm³/mol. The molecule has 0 atom stereocenters. The minimum Gasteiger partial charge on any atom is -0.497 e. The number of ether oxygens (including phenoxy) is 1. The number of carbonyl (C=O) groups is 1. The van der Waals surface area contributed by atoms with Crippen molar-refractivity contribution < 1.29 is 9.53 Å². The van der Waals surface area contributed by atoms with Gasteiger partial charge < -0.3 is 15.0 Å². The third-order valence-electron chi connectivity index (χ3n) is 4.02. The summed E-state index contributed by atoms with van der Waals surface area (Å²) in [7, 11) is 1.64. The number of hydrogen-bond acceptors (Lipinski definition) is 5. The van der Waals surface area contributed by atoms with Gasteiger partial charge in [0.1, 0.15) is 22.6 Å². The number of fused-ring (bicyclic) bond motifs is 3. The number of methoxy groups -OCH3 is 1. The van der Waals surface area contributed by atoms with Crippen molar-refractivity contribution in [1.29, 1.82) is 0 Å². The zero-order valence-electron chi connectivity index (χ0n) is 14.3. The maximum Gasteiger partial charge on any atom is 0.234 e. The number of halogens is 1. The number of H-pyrrole nitrogens is 1. The SMILES string of the molecule is COc1ccc2[nH]c3c(SCC(=O)Nc4ccc(Br)cc4)ncnc3c2c1. The number of aromatic nitrogens is 3. The molecular weight excluding hydrogens is 428 g/mol. The van der Waals surface area contributed by atoms with E-state index >= 15 is 0 Å². The first-order valence-corrected chi connectivity index (χ1v) is 9.90. The Balaban J connectivity index is 1.55. The van der Waals surface area contributed by atoms with Gasteiger partial charge in [0.2, 0.25) is 5.91 Å². The van der Waals surface area contributed by atoms with Gasteiger partial charge in [0.05, 0.1) is 18.4 Å². The number of anilines is 1. The van der Waals surface area contributed by atoms with Gasteiger partial charge in [0.25, 0.3) is 0 Å². The fraction of sp³-hybridized carbons (Fsp3) is 0.105. The highest BCUT2D eigenvalue weighted by molar-refractivity contribution is 9.10. The Morgan fingerprint density at radius 3 is 2.81 bits per heavy atom. The highest BCUT2D eigenvalue weighted by Crippen LogP contribution is 2.31. The zero-order valence-corrected chi connectivity index (χ0v) is 16.7. The molecule has 8 heteroatoms. The van der Waals surface area contributed by atoms with Gasteiger partial charge >= 0.3 is 0 Å². The maximum absolute atomic E-state index is 12.2. The highest BCUT2D eigenvalue weighted by Gasteiger charge is 2.13. The zero-order chi connectivity index (χ0) is 18.8. The molecule has 0 fully saturated rings. The van der Waals surface area contributed by atoms with Crippen molar-refractivity contribution in [2.45, 2.75) is 5.03 Å². The van der Waals surface area contributed by atoms with E-state index in [-0.39, 0.29) is 11.7 Å². The summed E-state index contributed by atoms with van der Waals surface area (Å²) in [5.74, 6) is 0.929. The average Bonchev–Trinajstić information content (AvgIpc) is 3.06. The first-order valence-electron chi connectivity index (χ1n) is 8.12. The molecule has 0 bridgehead atoms. The lowest BCUT2D eigenvalue weighted by Crippen LogP contribution is -2.14. The molecule has 0 aliphatic rings. The molecule has 0 saturated carbocycles. The Morgan fingerprint density at radius 2 is 2.04 bits per heavy atom. The van der Waals surface area contributed by atoms with E-state index in [0.29, 0.717) is 0 Å². The number of benzene rings is 2. The van der Waals surface area contributed by atoms with Crippen LogP contribution in [0.4, 0.5) is 5.69 Å². The van der Waals surface area contributed by atoms with Crippen LogP contribution >= 0.6 is 27.7 Å². The number of amides is 1. The molecule has 136 valence electrons. The fourth-order valence-corrected chi connectivity index (χ4v) is 3.77. The molecule has 0 unspecified atom stereocenters. The van der Waals surface area contributed by atoms with Crippen LogP contribution < -0.4 is 10.1 Å². The number of carbonyl (C=O) groups excluding carboxylic acids is 1. The largest absolute Gasteiger partial charge is 0.497 e. The molecule has 2 N–H and O–H groups in total. The standard InChI is InChI=1S/C19H15BrN4O2S/c1-26-13-6-7-15-14(8-13)17-18(24-15)19(22-10-21-17)27-9-16(25)23-12-4-2-11(20)3-5-12/h2-8,10,24H,9H2,1H3,(H,23,25). The molecule has 0 spiro atoms. The van der Waals surface area contributed by atoms with Crippen molar-refractivity contribution in [1.82, 2.24) is 15.0 Å². The van der Waals surface area contributed by atoms with Gasteiger partial charge in [-0.15, -0.1) is 0 Å².